The lowest BCUT2D eigenvalue weighted by molar-refractivity contribution is -0.133. The summed E-state index contributed by atoms with van der Waals surface area (Å²) in [5, 5.41) is 29.7. The van der Waals surface area contributed by atoms with Crippen LogP contribution in [0.1, 0.15) is 48.8 Å². The minimum Gasteiger partial charge on any atom is -0.394 e. The van der Waals surface area contributed by atoms with E-state index in [1.54, 1.807) is 43.3 Å². The van der Waals surface area contributed by atoms with E-state index >= 15 is 0 Å². The molecule has 5 atom stereocenters. The first-order valence-corrected chi connectivity index (χ1v) is 12.0. The van der Waals surface area contributed by atoms with E-state index < -0.39 is 66.4 Å². The van der Waals surface area contributed by atoms with Gasteiger partial charge in [-0.25, -0.2) is 0 Å². The van der Waals surface area contributed by atoms with E-state index in [4.69, 9.17) is 5.73 Å². The fourth-order valence-electron chi connectivity index (χ4n) is 3.57. The molecule has 0 fully saturated rings. The van der Waals surface area contributed by atoms with Gasteiger partial charge in [-0.1, -0.05) is 37.3 Å². The monoisotopic (exact) mass is 530 g/mol. The normalized spacial score (nSPS) is 14.7. The summed E-state index contributed by atoms with van der Waals surface area (Å²) < 4.78 is 0. The Labute approximate surface area is 219 Å². The molecule has 0 aliphatic carbocycles. The number of carbonyl (C=O) groups excluding carboxylic acids is 5. The van der Waals surface area contributed by atoms with E-state index in [9.17, 15) is 34.2 Å². The predicted octanol–water partition coefficient (Wildman–Crippen LogP) is -1.40. The number of rotatable bonds is 14. The van der Waals surface area contributed by atoms with Crippen LogP contribution in [0.3, 0.4) is 0 Å². The van der Waals surface area contributed by atoms with Crippen molar-refractivity contribution in [2.75, 3.05) is 6.61 Å². The maximum atomic E-state index is 13.0. The number of primary amides is 1. The number of nitrogens with one attached hydrogen (secondary N) is 5. The highest BCUT2D eigenvalue weighted by molar-refractivity contribution is 5.97. The average molecular weight is 531 g/mol. The zero-order chi connectivity index (χ0) is 28.2. The molecule has 9 N–H and O–H groups in total. The van der Waals surface area contributed by atoms with Crippen molar-refractivity contribution in [3.63, 3.8) is 0 Å². The molecule has 0 aliphatic heterocycles. The highest BCUT2D eigenvalue weighted by Gasteiger charge is 2.31. The molecule has 0 spiro atoms. The summed E-state index contributed by atoms with van der Waals surface area (Å²) >= 11 is 0. The lowest BCUT2D eigenvalue weighted by Crippen LogP contribution is -2.58. The Kier molecular flexibility index (Phi) is 11.4. The minimum atomic E-state index is -1.46. The Morgan fingerprint density at radius 2 is 1.61 bits per heavy atom. The molecule has 0 saturated heterocycles. The molecule has 206 valence electrons. The van der Waals surface area contributed by atoms with Crippen molar-refractivity contribution in [3.8, 4) is 0 Å². The van der Waals surface area contributed by atoms with Gasteiger partial charge >= 0.3 is 0 Å². The molecule has 2 aromatic rings. The average Bonchev–Trinajstić information content (AvgIpc) is 3.43. The van der Waals surface area contributed by atoms with Crippen molar-refractivity contribution < 1.29 is 34.2 Å². The standard InChI is InChI=1S/C25H34N6O7/c1-3-16(22(26)35)28-20(34)12-18(15-8-5-4-6-9-15)29-24(37)19(13-32)30-25(38)21(14(2)33)31-23(36)17-10-7-11-27-17/h4-11,14,16,18-19,21,27,32-33H,3,12-13H2,1-2H3,(H2,26,35)(H,28,34)(H,29,37)(H,30,38)(H,31,36)/t14-,16-,18-,19-,21-/m0/s1. The molecule has 13 heteroatoms. The highest BCUT2D eigenvalue weighted by Crippen LogP contribution is 2.17. The first-order valence-electron chi connectivity index (χ1n) is 12.0. The molecule has 1 heterocycles. The van der Waals surface area contributed by atoms with Crippen LogP contribution in [0.15, 0.2) is 48.7 Å². The van der Waals surface area contributed by atoms with Gasteiger partial charge in [0.2, 0.25) is 23.6 Å². The first kappa shape index (κ1) is 30.0. The fourth-order valence-corrected chi connectivity index (χ4v) is 3.57. The van der Waals surface area contributed by atoms with Crippen molar-refractivity contribution in [3.05, 3.63) is 59.9 Å². The van der Waals surface area contributed by atoms with Gasteiger partial charge in [-0.05, 0) is 31.0 Å². The van der Waals surface area contributed by atoms with E-state index in [0.29, 0.717) is 5.56 Å². The molecule has 2 rings (SSSR count). The number of carbonyl (C=O) groups is 5. The number of aliphatic hydroxyl groups excluding tert-OH is 2. The topological polar surface area (TPSA) is 216 Å². The van der Waals surface area contributed by atoms with E-state index in [1.165, 1.54) is 19.2 Å². The lowest BCUT2D eigenvalue weighted by Gasteiger charge is -2.26. The van der Waals surface area contributed by atoms with Crippen LogP contribution in [0.4, 0.5) is 0 Å². The van der Waals surface area contributed by atoms with Crippen molar-refractivity contribution in [2.24, 2.45) is 5.73 Å². The quantitative estimate of drug-likeness (QED) is 0.146. The zero-order valence-corrected chi connectivity index (χ0v) is 21.1. The van der Waals surface area contributed by atoms with Crippen LogP contribution in [0.25, 0.3) is 0 Å². The van der Waals surface area contributed by atoms with Gasteiger partial charge in [-0.3, -0.25) is 24.0 Å². The predicted molar refractivity (Wildman–Crippen MR) is 136 cm³/mol. The van der Waals surface area contributed by atoms with Gasteiger partial charge in [-0.2, -0.15) is 0 Å². The molecule has 38 heavy (non-hydrogen) atoms. The van der Waals surface area contributed by atoms with Crippen LogP contribution in [0.5, 0.6) is 0 Å². The number of hydrogen-bond acceptors (Lipinski definition) is 7. The largest absolute Gasteiger partial charge is 0.394 e. The number of aliphatic hydroxyl groups is 2. The van der Waals surface area contributed by atoms with Crippen molar-refractivity contribution in [2.45, 2.75) is 57.0 Å². The molecule has 0 unspecified atom stereocenters. The number of hydrogen-bond donors (Lipinski definition) is 8. The second-order valence-electron chi connectivity index (χ2n) is 8.63. The summed E-state index contributed by atoms with van der Waals surface area (Å²) in [5.74, 6) is -3.62. The second-order valence-corrected chi connectivity index (χ2v) is 8.63. The van der Waals surface area contributed by atoms with Crippen molar-refractivity contribution in [1.29, 1.82) is 0 Å². The van der Waals surface area contributed by atoms with Gasteiger partial charge in [0.25, 0.3) is 5.91 Å². The van der Waals surface area contributed by atoms with Crippen molar-refractivity contribution >= 4 is 29.5 Å². The maximum absolute atomic E-state index is 13.0. The van der Waals surface area contributed by atoms with Crippen LogP contribution in [0.2, 0.25) is 0 Å². The molecule has 0 aliphatic rings. The summed E-state index contributed by atoms with van der Waals surface area (Å²) in [5.41, 5.74) is 6.01. The van der Waals surface area contributed by atoms with Gasteiger partial charge in [0.15, 0.2) is 0 Å². The Bertz CT molecular complexity index is 1090. The lowest BCUT2D eigenvalue weighted by atomic mass is 10.0. The number of aromatic nitrogens is 1. The number of aromatic amines is 1. The summed E-state index contributed by atoms with van der Waals surface area (Å²) in [6.45, 7) is 2.16. The van der Waals surface area contributed by atoms with Crippen LogP contribution in [0, 0.1) is 0 Å². The van der Waals surface area contributed by atoms with Crippen LogP contribution < -0.4 is 27.0 Å². The number of H-pyrrole nitrogens is 1. The molecule has 0 bridgehead atoms. The zero-order valence-electron chi connectivity index (χ0n) is 21.1. The highest BCUT2D eigenvalue weighted by atomic mass is 16.3. The Balaban J connectivity index is 2.13. The first-order chi connectivity index (χ1) is 18.1. The molecular formula is C25H34N6O7. The minimum absolute atomic E-state index is 0.158. The Morgan fingerprint density at radius 1 is 0.921 bits per heavy atom. The molecule has 1 aromatic carbocycles. The molecular weight excluding hydrogens is 496 g/mol. The fraction of sp³-hybridized carbons (Fsp3) is 0.400. The SMILES string of the molecule is CC[C@H](NC(=O)C[C@H](NC(=O)[C@H](CO)NC(=O)[C@@H](NC(=O)c1ccc[nH]1)[C@H](C)O)c1ccccc1)C(N)=O. The maximum Gasteiger partial charge on any atom is 0.268 e. The molecule has 1 aromatic heterocycles. The van der Waals surface area contributed by atoms with Gasteiger partial charge in [-0.15, -0.1) is 0 Å². The van der Waals surface area contributed by atoms with Crippen LogP contribution in [-0.2, 0) is 19.2 Å². The third-order valence-corrected chi connectivity index (χ3v) is 5.70. The molecule has 0 saturated carbocycles. The number of benzene rings is 1. The van der Waals surface area contributed by atoms with E-state index in [-0.39, 0.29) is 18.5 Å². The number of amides is 5. The van der Waals surface area contributed by atoms with E-state index in [2.05, 4.69) is 26.3 Å². The Hall–Kier alpha value is -4.23. The van der Waals surface area contributed by atoms with Gasteiger partial charge < -0.3 is 42.2 Å². The van der Waals surface area contributed by atoms with Gasteiger partial charge in [0.1, 0.15) is 23.8 Å². The van der Waals surface area contributed by atoms with E-state index in [0.717, 1.165) is 0 Å². The second kappa shape index (κ2) is 14.5. The summed E-state index contributed by atoms with van der Waals surface area (Å²) in [6.07, 6.45) is 0.216. The third kappa shape index (κ3) is 8.71. The summed E-state index contributed by atoms with van der Waals surface area (Å²) in [7, 11) is 0. The third-order valence-electron chi connectivity index (χ3n) is 5.70. The van der Waals surface area contributed by atoms with Gasteiger partial charge in [0, 0.05) is 6.20 Å². The van der Waals surface area contributed by atoms with E-state index in [1.807, 2.05) is 0 Å². The summed E-state index contributed by atoms with van der Waals surface area (Å²) in [6, 6.07) is 6.92. The smallest absolute Gasteiger partial charge is 0.268 e. The van der Waals surface area contributed by atoms with Crippen LogP contribution in [-0.4, -0.2) is 75.6 Å². The van der Waals surface area contributed by atoms with Gasteiger partial charge in [0.05, 0.1) is 25.2 Å². The van der Waals surface area contributed by atoms with Crippen molar-refractivity contribution in [1.82, 2.24) is 26.3 Å². The number of nitrogens with two attached hydrogens (primary N) is 1. The van der Waals surface area contributed by atoms with Crippen LogP contribution >= 0.6 is 0 Å². The summed E-state index contributed by atoms with van der Waals surface area (Å²) in [4.78, 5) is 64.9. The molecule has 13 nitrogen and oxygen atoms in total. The Morgan fingerprint density at radius 3 is 2.13 bits per heavy atom. The molecule has 0 radical (unpaired) electrons. The molecule has 5 amide bonds.